The highest BCUT2D eigenvalue weighted by Crippen LogP contribution is 2.21. The number of carbonyl (C=O) groups excluding carboxylic acids is 10. The Morgan fingerprint density at radius 3 is 1.22 bits per heavy atom. The molecule has 11 amide bonds. The van der Waals surface area contributed by atoms with E-state index in [0.29, 0.717) is 22.4 Å². The van der Waals surface area contributed by atoms with Gasteiger partial charge in [0.05, 0.1) is 48.3 Å². The van der Waals surface area contributed by atoms with Crippen LogP contribution in [0.25, 0.3) is 10.8 Å². The number of unbranched alkanes of at least 4 members (excludes halogenated alkanes) is 1. The van der Waals surface area contributed by atoms with Crippen molar-refractivity contribution in [3.8, 4) is 5.75 Å². The summed E-state index contributed by atoms with van der Waals surface area (Å²) in [5.41, 5.74) is -3.43. The second-order valence-corrected chi connectivity index (χ2v) is 31.1. The van der Waals surface area contributed by atoms with Crippen molar-refractivity contribution in [3.05, 3.63) is 148 Å². The van der Waals surface area contributed by atoms with Crippen LogP contribution in [0.2, 0.25) is 0 Å². The number of carboxylic acid groups (broad SMARTS) is 13. The lowest BCUT2D eigenvalue weighted by atomic mass is 9.99. The molecule has 0 saturated carbocycles. The summed E-state index contributed by atoms with van der Waals surface area (Å²) in [6.07, 6.45) is -7.45. The molecule has 3 unspecified atom stereocenters. The van der Waals surface area contributed by atoms with E-state index >= 15 is 4.79 Å². The fraction of sp³-hybridized carbons (Fsp3) is 0.407. The fourth-order valence-electron chi connectivity index (χ4n) is 13.4. The van der Waals surface area contributed by atoms with Gasteiger partial charge in [-0.1, -0.05) is 54.6 Å². The second-order valence-electron chi connectivity index (χ2n) is 31.1. The number of amides is 11. The van der Waals surface area contributed by atoms with Gasteiger partial charge in [0.1, 0.15) is 60.1 Å². The van der Waals surface area contributed by atoms with Crippen molar-refractivity contribution in [2.45, 2.75) is 144 Å². The maximum atomic E-state index is 15.2. The smallest absolute Gasteiger partial charge is 0.335 e. The Kier molecular flexibility index (Phi) is 46.0. The van der Waals surface area contributed by atoms with Gasteiger partial charge in [0.15, 0.2) is 0 Å². The number of urea groups is 1. The summed E-state index contributed by atoms with van der Waals surface area (Å²) in [5.74, 6) is -30.9. The van der Waals surface area contributed by atoms with E-state index in [1.807, 2.05) is 10.6 Å². The molecule has 5 aromatic carbocycles. The molecule has 0 aliphatic carbocycles. The minimum absolute atomic E-state index is 0.0253. The fourth-order valence-corrected chi connectivity index (χ4v) is 13.4. The highest BCUT2D eigenvalue weighted by molar-refractivity contribution is 6.05. The van der Waals surface area contributed by atoms with E-state index in [0.717, 1.165) is 30.3 Å². The number of phenolic OH excluding ortho intramolecular Hbond substituents is 1. The van der Waals surface area contributed by atoms with Crippen LogP contribution in [0.5, 0.6) is 5.75 Å². The molecule has 0 fully saturated rings. The van der Waals surface area contributed by atoms with Crippen LogP contribution in [0.15, 0.2) is 103 Å². The van der Waals surface area contributed by atoms with Crippen molar-refractivity contribution in [1.82, 2.24) is 78.9 Å². The van der Waals surface area contributed by atoms with Crippen LogP contribution >= 0.6 is 0 Å². The van der Waals surface area contributed by atoms with E-state index in [2.05, 4.69) is 58.5 Å². The topological polar surface area (TPSA) is 839 Å². The van der Waals surface area contributed by atoms with E-state index in [-0.39, 0.29) is 69.8 Å². The Morgan fingerprint density at radius 2 is 0.725 bits per heavy atom. The predicted molar refractivity (Wildman–Crippen MR) is 470 cm³/mol. The standard InChI is InChI=1S/C86H105N15O37/c102-54-14-11-44(12-15-54)31-60(97-76(119)63(40-91-71(114)48-33-50(77(120)121)37-51(34-48)78(122)123)93-65(104)19-16-55(81(128)129)88-25-27-101(43-70(112)113)29-28-100(42-69(110)111)26-24-87-41-68(108)109)75(118)96-61(32-45-10-13-46-6-1-2-7-47(46)30-45)74(117)94-57(83(132)133)8-3-4-22-90-73(116)62(95-72(115)49-35-52(79(124)125)38-53(36-49)80(126)127)39-66(105)89-23-5-9-56(82(130)131)92-64(103)20-17-58(84(134)135)98-86(138)99-59(85(136)137)18-21-67(106)107/h1-2,6-7,10-15,30,33-38,55-63,87-88,102H,3-5,8-9,16-29,31-32,39-43H2,(H,89,105)(H,90,116)(H,91,114)(H,92,103)(H,93,104)(H,94,117)(H,95,115)(H,96,118)(H,97,119)(H,106,107)(H,108,109)(H,110,111)(H,112,113)(H,120,121)(H,122,123)(H,124,125)(H,126,127)(H,128,129)(H,130,131)(H,132,133)(H,134,135)(H,136,137)(H2,98,99,138)/t55?,56?,57-,58+,59+,60-,61-,62-,63?/m1/s1. The molecule has 5 rings (SSSR count). The third-order valence-corrected chi connectivity index (χ3v) is 20.5. The Morgan fingerprint density at radius 1 is 0.304 bits per heavy atom. The largest absolute Gasteiger partial charge is 0.508 e. The molecule has 5 aromatic rings. The molecule has 27 N–H and O–H groups in total. The van der Waals surface area contributed by atoms with E-state index in [1.54, 1.807) is 42.5 Å². The molecule has 0 aliphatic rings. The third-order valence-electron chi connectivity index (χ3n) is 20.5. The van der Waals surface area contributed by atoms with E-state index in [4.69, 9.17) is 10.2 Å². The number of rotatable bonds is 65. The van der Waals surface area contributed by atoms with Crippen molar-refractivity contribution in [2.24, 2.45) is 0 Å². The van der Waals surface area contributed by atoms with E-state index in [9.17, 15) is 167 Å². The van der Waals surface area contributed by atoms with Crippen molar-refractivity contribution < 1.29 is 182 Å². The molecule has 52 heteroatoms. The normalized spacial score (nSPS) is 12.9. The van der Waals surface area contributed by atoms with Gasteiger partial charge in [-0.15, -0.1) is 0 Å². The van der Waals surface area contributed by atoms with Crippen LogP contribution in [-0.4, -0.2) is 351 Å². The Hall–Kier alpha value is -16.4. The maximum Gasteiger partial charge on any atom is 0.335 e. The minimum Gasteiger partial charge on any atom is -0.508 e. The molecule has 0 radical (unpaired) electrons. The number of aromatic hydroxyl groups is 1. The first-order valence-corrected chi connectivity index (χ1v) is 42.2. The molecule has 52 nitrogen and oxygen atoms in total. The number of phenols is 1. The molecule has 0 aliphatic heterocycles. The Bertz CT molecular complexity index is 5240. The van der Waals surface area contributed by atoms with Crippen LogP contribution in [0, 0.1) is 0 Å². The zero-order valence-electron chi connectivity index (χ0n) is 73.4. The monoisotopic (exact) mass is 1940 g/mol. The lowest BCUT2D eigenvalue weighted by molar-refractivity contribution is -0.143. The van der Waals surface area contributed by atoms with Crippen LogP contribution in [0.3, 0.4) is 0 Å². The Balaban J connectivity index is 1.37. The van der Waals surface area contributed by atoms with E-state index in [1.165, 1.54) is 34.1 Å². The predicted octanol–water partition coefficient (Wildman–Crippen LogP) is -3.36. The highest BCUT2D eigenvalue weighted by atomic mass is 16.4. The van der Waals surface area contributed by atoms with Gasteiger partial charge in [-0.05, 0) is 122 Å². The average molecular weight is 1940 g/mol. The molecule has 0 saturated heterocycles. The number of carbonyl (C=O) groups is 23. The molecule has 138 heavy (non-hydrogen) atoms. The summed E-state index contributed by atoms with van der Waals surface area (Å²) in [5, 5.41) is 168. The van der Waals surface area contributed by atoms with Gasteiger partial charge in [0.2, 0.25) is 41.4 Å². The molecule has 0 heterocycles. The van der Waals surface area contributed by atoms with Crippen LogP contribution in [0.4, 0.5) is 4.79 Å². The van der Waals surface area contributed by atoms with Gasteiger partial charge in [-0.3, -0.25) is 76.9 Å². The first-order valence-electron chi connectivity index (χ1n) is 42.2. The van der Waals surface area contributed by atoms with Crippen LogP contribution in [0.1, 0.15) is 150 Å². The highest BCUT2D eigenvalue weighted by Gasteiger charge is 2.36. The lowest BCUT2D eigenvalue weighted by Crippen LogP contribution is -2.60. The zero-order valence-corrected chi connectivity index (χ0v) is 73.4. The van der Waals surface area contributed by atoms with Crippen molar-refractivity contribution in [1.29, 1.82) is 0 Å². The summed E-state index contributed by atoms with van der Waals surface area (Å²) in [6.45, 7) is -3.90. The number of benzene rings is 5. The summed E-state index contributed by atoms with van der Waals surface area (Å²) < 4.78 is 0. The number of fused-ring (bicyclic) bond motifs is 1. The van der Waals surface area contributed by atoms with Gasteiger partial charge in [-0.25, -0.2) is 43.2 Å². The molecule has 746 valence electrons. The minimum atomic E-state index is -2.03. The summed E-state index contributed by atoms with van der Waals surface area (Å²) in [4.78, 5) is 298. The van der Waals surface area contributed by atoms with Gasteiger partial charge in [0, 0.05) is 102 Å². The number of hydrogen-bond donors (Lipinski definition) is 27. The number of nitrogens with zero attached hydrogens (tertiary/aromatic N) is 2. The van der Waals surface area contributed by atoms with E-state index < -0.39 is 334 Å². The second kappa shape index (κ2) is 56.6. The van der Waals surface area contributed by atoms with Crippen molar-refractivity contribution in [2.75, 3.05) is 78.5 Å². The number of hydrogen-bond acceptors (Lipinski definition) is 28. The van der Waals surface area contributed by atoms with Gasteiger partial charge in [0.25, 0.3) is 11.8 Å². The van der Waals surface area contributed by atoms with Gasteiger partial charge >= 0.3 is 83.6 Å². The summed E-state index contributed by atoms with van der Waals surface area (Å²) in [7, 11) is 0. The Labute approximate surface area is 781 Å². The van der Waals surface area contributed by atoms with Crippen LogP contribution < -0.4 is 69.1 Å². The van der Waals surface area contributed by atoms with Gasteiger partial charge < -0.3 is 141 Å². The molecular weight excluding hydrogens is 1840 g/mol. The molecule has 0 bridgehead atoms. The van der Waals surface area contributed by atoms with Gasteiger partial charge in [-0.2, -0.15) is 0 Å². The number of carboxylic acids is 13. The quantitative estimate of drug-likeness (QED) is 0.0169. The molecule has 0 aromatic heterocycles. The molecular formula is C86H105N15O37. The first-order chi connectivity index (χ1) is 65.1. The van der Waals surface area contributed by atoms with Crippen LogP contribution in [-0.2, 0) is 89.6 Å². The SMILES string of the molecule is O=C(O)CC[C@H](NC(=O)N[C@@H](CCC(=O)NC(CCCNC(=O)C[C@@H](NC(=O)c1cc(C(=O)O)cc(C(=O)O)c1)C(=O)NCCCC[C@@H](NC(=O)[C@@H](Cc1ccc2ccccc2c1)NC(=O)[C@@H](Cc1ccc(O)cc1)NC(=O)C(CNC(=O)c1cc(C(=O)O)cc(C(=O)O)c1)NC(=O)CCC(NCCN(CCN(CCNCC(=O)O)CC(=O)O)CC(=O)O)C(=O)O)C(=O)O)C(=O)O)C(=O)O)C(=O)O. The lowest BCUT2D eigenvalue weighted by Gasteiger charge is -2.27. The number of aliphatic carboxylic acids is 9. The maximum absolute atomic E-state index is 15.2. The summed E-state index contributed by atoms with van der Waals surface area (Å²) >= 11 is 0. The number of aromatic carboxylic acids is 4. The molecule has 9 atom stereocenters. The first kappa shape index (κ1) is 112. The van der Waals surface area contributed by atoms with Crippen molar-refractivity contribution >= 4 is 148 Å². The summed E-state index contributed by atoms with van der Waals surface area (Å²) in [6, 6.07) is 3.53. The third kappa shape index (κ3) is 41.0. The number of nitrogens with one attached hydrogen (secondary N) is 13. The zero-order chi connectivity index (χ0) is 103. The molecule has 0 spiro atoms. The van der Waals surface area contributed by atoms with Crippen molar-refractivity contribution in [3.63, 3.8) is 0 Å². The average Bonchev–Trinajstić information content (AvgIpc) is 0.824.